The van der Waals surface area contributed by atoms with Crippen LogP contribution in [0.25, 0.3) is 22.3 Å². The Morgan fingerprint density at radius 1 is 1.09 bits per heavy atom. The molecule has 0 aliphatic rings. The zero-order chi connectivity index (χ0) is 16.7. The van der Waals surface area contributed by atoms with Crippen molar-refractivity contribution >= 4 is 11.0 Å². The zero-order valence-electron chi connectivity index (χ0n) is 13.8. The third-order valence-electron chi connectivity index (χ3n) is 4.26. The summed E-state index contributed by atoms with van der Waals surface area (Å²) in [5.41, 5.74) is 4.76. The van der Waals surface area contributed by atoms with Crippen LogP contribution in [0.15, 0.2) is 45.6 Å². The first kappa shape index (κ1) is 15.5. The Balaban J connectivity index is 2.37. The van der Waals surface area contributed by atoms with Crippen LogP contribution in [-0.4, -0.2) is 5.11 Å². The first-order valence-corrected chi connectivity index (χ1v) is 7.72. The summed E-state index contributed by atoms with van der Waals surface area (Å²) in [7, 11) is 0. The lowest BCUT2D eigenvalue weighted by atomic mass is 9.98. The molecule has 0 saturated carbocycles. The minimum Gasteiger partial charge on any atom is -0.456 e. The lowest BCUT2D eigenvalue weighted by Gasteiger charge is -2.13. The Hall–Kier alpha value is -2.39. The SMILES string of the molecule is Cc1ccc(-c2oc3cccc(C(C)O)c3c(=O)c2C)c(C)c1. The highest BCUT2D eigenvalue weighted by molar-refractivity contribution is 5.84. The van der Waals surface area contributed by atoms with E-state index in [1.165, 1.54) is 5.56 Å². The van der Waals surface area contributed by atoms with E-state index in [2.05, 4.69) is 6.07 Å². The van der Waals surface area contributed by atoms with E-state index in [-0.39, 0.29) is 5.43 Å². The maximum atomic E-state index is 12.9. The molecule has 0 aliphatic heterocycles. The van der Waals surface area contributed by atoms with Crippen molar-refractivity contribution in [1.29, 1.82) is 0 Å². The molecule has 3 rings (SSSR count). The van der Waals surface area contributed by atoms with Crippen LogP contribution < -0.4 is 5.43 Å². The van der Waals surface area contributed by atoms with Gasteiger partial charge in [0.1, 0.15) is 11.3 Å². The number of fused-ring (bicyclic) bond motifs is 1. The Bertz CT molecular complexity index is 949. The van der Waals surface area contributed by atoms with E-state index in [1.807, 2.05) is 26.0 Å². The third-order valence-corrected chi connectivity index (χ3v) is 4.26. The number of benzene rings is 2. The monoisotopic (exact) mass is 308 g/mol. The van der Waals surface area contributed by atoms with Crippen LogP contribution in [0.5, 0.6) is 0 Å². The molecule has 1 unspecified atom stereocenters. The predicted molar refractivity (Wildman–Crippen MR) is 92.8 cm³/mol. The molecule has 0 amide bonds. The van der Waals surface area contributed by atoms with Crippen molar-refractivity contribution in [2.45, 2.75) is 33.8 Å². The van der Waals surface area contributed by atoms with Gasteiger partial charge in [0.25, 0.3) is 0 Å². The highest BCUT2D eigenvalue weighted by atomic mass is 16.3. The van der Waals surface area contributed by atoms with Crippen LogP contribution in [0.3, 0.4) is 0 Å². The zero-order valence-corrected chi connectivity index (χ0v) is 13.8. The van der Waals surface area contributed by atoms with E-state index in [9.17, 15) is 9.90 Å². The van der Waals surface area contributed by atoms with Crippen molar-refractivity contribution < 1.29 is 9.52 Å². The summed E-state index contributed by atoms with van der Waals surface area (Å²) in [6, 6.07) is 11.4. The van der Waals surface area contributed by atoms with Gasteiger partial charge in [-0.05, 0) is 44.9 Å². The average molecular weight is 308 g/mol. The molecule has 1 aromatic heterocycles. The minimum atomic E-state index is -0.715. The van der Waals surface area contributed by atoms with Gasteiger partial charge >= 0.3 is 0 Å². The lowest BCUT2D eigenvalue weighted by Crippen LogP contribution is -2.11. The van der Waals surface area contributed by atoms with E-state index < -0.39 is 6.10 Å². The Kier molecular flexibility index (Phi) is 3.82. The fourth-order valence-electron chi connectivity index (χ4n) is 3.03. The van der Waals surface area contributed by atoms with Crippen LogP contribution in [0.1, 0.15) is 35.3 Å². The van der Waals surface area contributed by atoms with Crippen LogP contribution in [0, 0.1) is 20.8 Å². The summed E-state index contributed by atoms with van der Waals surface area (Å²) in [6.07, 6.45) is -0.715. The molecule has 0 aliphatic carbocycles. The number of rotatable bonds is 2. The fraction of sp³-hybridized carbons (Fsp3) is 0.250. The van der Waals surface area contributed by atoms with Crippen LogP contribution in [0.2, 0.25) is 0 Å². The molecule has 1 atom stereocenters. The highest BCUT2D eigenvalue weighted by Crippen LogP contribution is 2.30. The second kappa shape index (κ2) is 5.67. The molecule has 0 saturated heterocycles. The fourth-order valence-corrected chi connectivity index (χ4v) is 3.03. The largest absolute Gasteiger partial charge is 0.456 e. The van der Waals surface area contributed by atoms with Crippen molar-refractivity contribution in [3.63, 3.8) is 0 Å². The summed E-state index contributed by atoms with van der Waals surface area (Å²) in [5.74, 6) is 0.600. The molecule has 1 heterocycles. The molecule has 3 aromatic rings. The molecule has 0 bridgehead atoms. The number of aliphatic hydroxyl groups excluding tert-OH is 1. The van der Waals surface area contributed by atoms with Gasteiger partial charge in [-0.15, -0.1) is 0 Å². The normalized spacial score (nSPS) is 12.6. The molecule has 0 spiro atoms. The average Bonchev–Trinajstić information content (AvgIpc) is 2.50. The van der Waals surface area contributed by atoms with Crippen LogP contribution in [0.4, 0.5) is 0 Å². The number of hydrogen-bond donors (Lipinski definition) is 1. The summed E-state index contributed by atoms with van der Waals surface area (Å²) >= 11 is 0. The van der Waals surface area contributed by atoms with Gasteiger partial charge < -0.3 is 9.52 Å². The summed E-state index contributed by atoms with van der Waals surface area (Å²) in [5, 5.41) is 10.4. The number of aryl methyl sites for hydroxylation is 2. The van der Waals surface area contributed by atoms with Crippen molar-refractivity contribution in [1.82, 2.24) is 0 Å². The lowest BCUT2D eigenvalue weighted by molar-refractivity contribution is 0.200. The van der Waals surface area contributed by atoms with E-state index in [0.29, 0.717) is 27.9 Å². The van der Waals surface area contributed by atoms with Gasteiger partial charge in [-0.25, -0.2) is 0 Å². The molecule has 118 valence electrons. The van der Waals surface area contributed by atoms with E-state index in [4.69, 9.17) is 4.42 Å². The van der Waals surface area contributed by atoms with Gasteiger partial charge in [-0.1, -0.05) is 35.9 Å². The Morgan fingerprint density at radius 2 is 1.83 bits per heavy atom. The minimum absolute atomic E-state index is 0.0854. The molecular weight excluding hydrogens is 288 g/mol. The van der Waals surface area contributed by atoms with Gasteiger partial charge in [0.2, 0.25) is 0 Å². The number of hydrogen-bond acceptors (Lipinski definition) is 3. The summed E-state index contributed by atoms with van der Waals surface area (Å²) in [6.45, 7) is 7.48. The maximum Gasteiger partial charge on any atom is 0.196 e. The van der Waals surface area contributed by atoms with Gasteiger partial charge in [-0.2, -0.15) is 0 Å². The first-order valence-electron chi connectivity index (χ1n) is 7.72. The number of aliphatic hydroxyl groups is 1. The van der Waals surface area contributed by atoms with Gasteiger partial charge in [0.05, 0.1) is 11.5 Å². The quantitative estimate of drug-likeness (QED) is 0.761. The van der Waals surface area contributed by atoms with Crippen LogP contribution >= 0.6 is 0 Å². The Labute approximate surface area is 135 Å². The van der Waals surface area contributed by atoms with E-state index in [0.717, 1.165) is 11.1 Å². The molecular formula is C20H20O3. The van der Waals surface area contributed by atoms with E-state index >= 15 is 0 Å². The third kappa shape index (κ3) is 2.57. The topological polar surface area (TPSA) is 50.4 Å². The molecule has 3 nitrogen and oxygen atoms in total. The molecule has 1 N–H and O–H groups in total. The maximum absolute atomic E-state index is 12.9. The molecule has 2 aromatic carbocycles. The molecule has 0 radical (unpaired) electrons. The standard InChI is InChI=1S/C20H20O3/c1-11-8-9-15(12(2)10-11)20-13(3)19(22)18-16(14(4)21)6-5-7-17(18)23-20/h5-10,14,21H,1-4H3. The highest BCUT2D eigenvalue weighted by Gasteiger charge is 2.17. The van der Waals surface area contributed by atoms with Crippen molar-refractivity contribution in [3.05, 3.63) is 68.9 Å². The Morgan fingerprint density at radius 3 is 2.48 bits per heavy atom. The second-order valence-electron chi connectivity index (χ2n) is 6.10. The van der Waals surface area contributed by atoms with Crippen molar-refractivity contribution in [2.75, 3.05) is 0 Å². The van der Waals surface area contributed by atoms with Crippen molar-refractivity contribution in [2.24, 2.45) is 0 Å². The molecule has 0 fully saturated rings. The molecule has 23 heavy (non-hydrogen) atoms. The van der Waals surface area contributed by atoms with Gasteiger partial charge in [0.15, 0.2) is 5.43 Å². The first-order chi connectivity index (χ1) is 10.9. The smallest absolute Gasteiger partial charge is 0.196 e. The van der Waals surface area contributed by atoms with Crippen molar-refractivity contribution in [3.8, 4) is 11.3 Å². The van der Waals surface area contributed by atoms with Gasteiger partial charge in [0, 0.05) is 11.1 Å². The van der Waals surface area contributed by atoms with Gasteiger partial charge in [-0.3, -0.25) is 4.79 Å². The molecule has 3 heteroatoms. The van der Waals surface area contributed by atoms with E-state index in [1.54, 1.807) is 32.0 Å². The summed E-state index contributed by atoms with van der Waals surface area (Å²) in [4.78, 5) is 12.9. The van der Waals surface area contributed by atoms with Crippen LogP contribution in [-0.2, 0) is 0 Å². The summed E-state index contributed by atoms with van der Waals surface area (Å²) < 4.78 is 6.06. The predicted octanol–water partition coefficient (Wildman–Crippen LogP) is 4.44. The second-order valence-corrected chi connectivity index (χ2v) is 6.10.